The van der Waals surface area contributed by atoms with Crippen LogP contribution in [0.2, 0.25) is 0 Å². The van der Waals surface area contributed by atoms with Crippen molar-refractivity contribution >= 4 is 27.5 Å². The SMILES string of the molecule is CCCCCOC1=C(C(=O)Nc2ccccn2)N(C)S(=O)(=O)c2ccccc21. The molecule has 0 spiro atoms. The van der Waals surface area contributed by atoms with Gasteiger partial charge in [0.2, 0.25) is 0 Å². The molecule has 28 heavy (non-hydrogen) atoms. The maximum absolute atomic E-state index is 13.0. The van der Waals surface area contributed by atoms with E-state index in [9.17, 15) is 13.2 Å². The Morgan fingerprint density at radius 1 is 1.14 bits per heavy atom. The van der Waals surface area contributed by atoms with Crippen molar-refractivity contribution in [1.82, 2.24) is 9.29 Å². The number of hydrogen-bond acceptors (Lipinski definition) is 5. The quantitative estimate of drug-likeness (QED) is 0.720. The molecule has 1 aliphatic heterocycles. The molecule has 1 N–H and O–H groups in total. The van der Waals surface area contributed by atoms with Gasteiger partial charge in [-0.3, -0.25) is 9.10 Å². The number of amides is 1. The van der Waals surface area contributed by atoms with Crippen LogP contribution in [-0.4, -0.2) is 37.3 Å². The van der Waals surface area contributed by atoms with E-state index in [1.54, 1.807) is 42.6 Å². The summed E-state index contributed by atoms with van der Waals surface area (Å²) in [7, 11) is -2.51. The molecule has 3 rings (SSSR count). The normalized spacial score (nSPS) is 15.1. The van der Waals surface area contributed by atoms with Gasteiger partial charge in [0.15, 0.2) is 11.5 Å². The van der Waals surface area contributed by atoms with Gasteiger partial charge in [0.25, 0.3) is 15.9 Å². The molecule has 8 heteroatoms. The Hall–Kier alpha value is -2.87. The lowest BCUT2D eigenvalue weighted by Gasteiger charge is -2.30. The number of nitrogens with zero attached hydrogens (tertiary/aromatic N) is 2. The zero-order valence-corrected chi connectivity index (χ0v) is 16.7. The van der Waals surface area contributed by atoms with Gasteiger partial charge in [0.05, 0.1) is 11.5 Å². The van der Waals surface area contributed by atoms with E-state index in [1.165, 1.54) is 13.1 Å². The van der Waals surface area contributed by atoms with Gasteiger partial charge < -0.3 is 10.1 Å². The summed E-state index contributed by atoms with van der Waals surface area (Å²) in [5.74, 6) is -0.00258. The van der Waals surface area contributed by atoms with Crippen LogP contribution in [0.25, 0.3) is 5.76 Å². The fraction of sp³-hybridized carbons (Fsp3) is 0.300. The number of anilines is 1. The summed E-state index contributed by atoms with van der Waals surface area (Å²) in [6.07, 6.45) is 4.37. The molecule has 1 aromatic heterocycles. The molecule has 0 radical (unpaired) electrons. The molecule has 2 aromatic rings. The second-order valence-corrected chi connectivity index (χ2v) is 8.31. The van der Waals surface area contributed by atoms with E-state index in [2.05, 4.69) is 17.2 Å². The van der Waals surface area contributed by atoms with E-state index < -0.39 is 15.9 Å². The minimum absolute atomic E-state index is 0.0548. The second-order valence-electron chi connectivity index (χ2n) is 6.37. The predicted molar refractivity (Wildman–Crippen MR) is 107 cm³/mol. The lowest BCUT2D eigenvalue weighted by atomic mass is 10.1. The number of carbonyl (C=O) groups is 1. The van der Waals surface area contributed by atoms with Crippen LogP contribution in [-0.2, 0) is 19.6 Å². The third-order valence-corrected chi connectivity index (χ3v) is 6.23. The maximum atomic E-state index is 13.0. The molecular weight excluding hydrogens is 378 g/mol. The zero-order chi connectivity index (χ0) is 20.1. The zero-order valence-electron chi connectivity index (χ0n) is 15.9. The number of aromatic nitrogens is 1. The highest BCUT2D eigenvalue weighted by Gasteiger charge is 2.38. The molecule has 0 saturated carbocycles. The molecule has 0 saturated heterocycles. The van der Waals surface area contributed by atoms with Gasteiger partial charge in [-0.2, -0.15) is 0 Å². The summed E-state index contributed by atoms with van der Waals surface area (Å²) in [4.78, 5) is 17.2. The Labute approximate surface area is 165 Å². The molecule has 0 bridgehead atoms. The number of likely N-dealkylation sites (N-methyl/N-ethyl adjacent to an activating group) is 1. The minimum Gasteiger partial charge on any atom is -0.490 e. The van der Waals surface area contributed by atoms with Crippen molar-refractivity contribution < 1.29 is 17.9 Å². The summed E-state index contributed by atoms with van der Waals surface area (Å²) >= 11 is 0. The third-order valence-electron chi connectivity index (χ3n) is 4.42. The van der Waals surface area contributed by atoms with Gasteiger partial charge in [0, 0.05) is 18.8 Å². The topological polar surface area (TPSA) is 88.6 Å². The van der Waals surface area contributed by atoms with Crippen LogP contribution in [0, 0.1) is 0 Å². The van der Waals surface area contributed by atoms with Crippen molar-refractivity contribution in [2.24, 2.45) is 0 Å². The number of nitrogens with one attached hydrogen (secondary N) is 1. The molecular formula is C20H23N3O4S. The van der Waals surface area contributed by atoms with Gasteiger partial charge in [-0.05, 0) is 30.7 Å². The fourth-order valence-electron chi connectivity index (χ4n) is 2.95. The Balaban J connectivity index is 2.05. The number of hydrogen-bond donors (Lipinski definition) is 1. The lowest BCUT2D eigenvalue weighted by molar-refractivity contribution is -0.113. The van der Waals surface area contributed by atoms with Gasteiger partial charge in [-0.15, -0.1) is 0 Å². The van der Waals surface area contributed by atoms with E-state index in [1.807, 2.05) is 0 Å². The first-order chi connectivity index (χ1) is 13.5. The summed E-state index contributed by atoms with van der Waals surface area (Å²) < 4.78 is 32.8. The van der Waals surface area contributed by atoms with E-state index in [0.29, 0.717) is 18.0 Å². The Kier molecular flexibility index (Phi) is 5.99. The van der Waals surface area contributed by atoms with Crippen LogP contribution in [0.3, 0.4) is 0 Å². The van der Waals surface area contributed by atoms with Crippen molar-refractivity contribution in [3.8, 4) is 0 Å². The highest BCUT2D eigenvalue weighted by atomic mass is 32.2. The van der Waals surface area contributed by atoms with Gasteiger partial charge in [-0.25, -0.2) is 13.4 Å². The molecule has 1 amide bonds. The van der Waals surface area contributed by atoms with E-state index in [4.69, 9.17) is 4.74 Å². The highest BCUT2D eigenvalue weighted by molar-refractivity contribution is 7.89. The second kappa shape index (κ2) is 8.43. The summed E-state index contributed by atoms with van der Waals surface area (Å²) in [5.41, 5.74) is 0.337. The maximum Gasteiger partial charge on any atom is 0.277 e. The minimum atomic E-state index is -3.86. The number of benzene rings is 1. The number of rotatable bonds is 7. The molecule has 148 valence electrons. The van der Waals surface area contributed by atoms with E-state index in [-0.39, 0.29) is 16.4 Å². The Morgan fingerprint density at radius 3 is 2.61 bits per heavy atom. The largest absolute Gasteiger partial charge is 0.490 e. The first-order valence-corrected chi connectivity index (χ1v) is 10.6. The number of fused-ring (bicyclic) bond motifs is 1. The average molecular weight is 401 g/mol. The number of unbranched alkanes of at least 4 members (excludes halogenated alkanes) is 2. The smallest absolute Gasteiger partial charge is 0.277 e. The van der Waals surface area contributed by atoms with Crippen molar-refractivity contribution in [3.63, 3.8) is 0 Å². The monoisotopic (exact) mass is 401 g/mol. The van der Waals surface area contributed by atoms with Crippen LogP contribution in [0.4, 0.5) is 5.82 Å². The Morgan fingerprint density at radius 2 is 1.89 bits per heavy atom. The van der Waals surface area contributed by atoms with Crippen LogP contribution in [0.1, 0.15) is 31.7 Å². The predicted octanol–water partition coefficient (Wildman–Crippen LogP) is 3.23. The van der Waals surface area contributed by atoms with Crippen LogP contribution in [0.5, 0.6) is 0 Å². The summed E-state index contributed by atoms with van der Waals surface area (Å²) in [6, 6.07) is 11.6. The van der Waals surface area contributed by atoms with Crippen LogP contribution >= 0.6 is 0 Å². The van der Waals surface area contributed by atoms with Gasteiger partial charge >= 0.3 is 0 Å². The standard InChI is InChI=1S/C20H23N3O4S/c1-3-4-9-14-27-19-15-10-5-6-11-16(15)28(25,26)23(2)18(19)20(24)22-17-12-7-8-13-21-17/h5-8,10-13H,3-4,9,14H2,1-2H3,(H,21,22,24). The molecule has 0 fully saturated rings. The highest BCUT2D eigenvalue weighted by Crippen LogP contribution is 2.37. The molecule has 0 atom stereocenters. The molecule has 1 aliphatic rings. The first-order valence-electron chi connectivity index (χ1n) is 9.14. The molecule has 0 unspecified atom stereocenters. The Bertz CT molecular complexity index is 988. The van der Waals surface area contributed by atoms with Crippen molar-refractivity contribution in [1.29, 1.82) is 0 Å². The summed E-state index contributed by atoms with van der Waals surface area (Å²) in [5, 5.41) is 2.65. The van der Waals surface area contributed by atoms with Crippen LogP contribution < -0.4 is 5.32 Å². The van der Waals surface area contributed by atoms with E-state index >= 15 is 0 Å². The fourth-order valence-corrected chi connectivity index (χ4v) is 4.34. The average Bonchev–Trinajstić information content (AvgIpc) is 2.70. The van der Waals surface area contributed by atoms with Crippen molar-refractivity contribution in [2.45, 2.75) is 31.1 Å². The number of carbonyl (C=O) groups excluding carboxylic acids is 1. The van der Waals surface area contributed by atoms with Gasteiger partial charge in [-0.1, -0.05) is 38.0 Å². The van der Waals surface area contributed by atoms with E-state index in [0.717, 1.165) is 23.6 Å². The number of ether oxygens (including phenoxy) is 1. The van der Waals surface area contributed by atoms with Crippen molar-refractivity contribution in [3.05, 3.63) is 59.9 Å². The van der Waals surface area contributed by atoms with Crippen molar-refractivity contribution in [2.75, 3.05) is 19.0 Å². The first kappa shape index (κ1) is 19.9. The lowest BCUT2D eigenvalue weighted by Crippen LogP contribution is -2.37. The molecule has 1 aromatic carbocycles. The van der Waals surface area contributed by atoms with Crippen LogP contribution in [0.15, 0.2) is 59.3 Å². The number of pyridine rings is 1. The molecule has 2 heterocycles. The van der Waals surface area contributed by atoms with Gasteiger partial charge in [0.1, 0.15) is 5.82 Å². The molecule has 0 aliphatic carbocycles. The molecule has 7 nitrogen and oxygen atoms in total. The summed E-state index contributed by atoms with van der Waals surface area (Å²) in [6.45, 7) is 2.48. The number of sulfonamides is 1. The third kappa shape index (κ3) is 3.87.